The van der Waals surface area contributed by atoms with Crippen molar-refractivity contribution in [1.82, 2.24) is 4.98 Å². The molecular formula is C12H6BrNO3. The molecule has 0 radical (unpaired) electrons. The van der Waals surface area contributed by atoms with Crippen molar-refractivity contribution in [3.8, 4) is 17.2 Å². The lowest BCUT2D eigenvalue weighted by molar-refractivity contribution is 0.474. The van der Waals surface area contributed by atoms with Gasteiger partial charge in [0.15, 0.2) is 16.8 Å². The first-order chi connectivity index (χ1) is 8.13. The monoisotopic (exact) mass is 291 g/mol. The molecular weight excluding hydrogens is 286 g/mol. The zero-order chi connectivity index (χ0) is 12.0. The van der Waals surface area contributed by atoms with E-state index in [1.165, 1.54) is 24.3 Å². The summed E-state index contributed by atoms with van der Waals surface area (Å²) in [7, 11) is 0. The minimum absolute atomic E-state index is 0.0970. The molecule has 0 saturated heterocycles. The van der Waals surface area contributed by atoms with Crippen molar-refractivity contribution in [2.75, 3.05) is 0 Å². The van der Waals surface area contributed by atoms with Gasteiger partial charge in [0.1, 0.15) is 17.0 Å². The molecule has 0 spiro atoms. The Hall–Kier alpha value is -1.88. The van der Waals surface area contributed by atoms with Gasteiger partial charge in [0, 0.05) is 18.2 Å². The third-order valence-corrected chi connectivity index (χ3v) is 3.00. The van der Waals surface area contributed by atoms with Gasteiger partial charge in [-0.2, -0.15) is 0 Å². The Kier molecular flexibility index (Phi) is 2.16. The van der Waals surface area contributed by atoms with Crippen LogP contribution in [0.1, 0.15) is 0 Å². The number of aromatic nitrogens is 1. The van der Waals surface area contributed by atoms with Crippen LogP contribution in [0.4, 0.5) is 0 Å². The summed E-state index contributed by atoms with van der Waals surface area (Å²) in [5, 5.41) is 9.35. The van der Waals surface area contributed by atoms with Gasteiger partial charge in [0.05, 0.1) is 4.47 Å². The van der Waals surface area contributed by atoms with Crippen LogP contribution in [0.25, 0.3) is 22.6 Å². The molecule has 1 N–H and O–H groups in total. The molecule has 0 unspecified atom stereocenters. The maximum atomic E-state index is 11.3. The van der Waals surface area contributed by atoms with E-state index in [9.17, 15) is 9.90 Å². The van der Waals surface area contributed by atoms with Crippen LogP contribution >= 0.6 is 15.9 Å². The average molecular weight is 292 g/mol. The van der Waals surface area contributed by atoms with Gasteiger partial charge >= 0.3 is 0 Å². The molecule has 3 rings (SSSR count). The highest BCUT2D eigenvalue weighted by Crippen LogP contribution is 2.30. The highest BCUT2D eigenvalue weighted by Gasteiger charge is 2.13. The van der Waals surface area contributed by atoms with Crippen LogP contribution in [0.5, 0.6) is 5.75 Å². The zero-order valence-electron chi connectivity index (χ0n) is 8.48. The second-order valence-electron chi connectivity index (χ2n) is 3.62. The van der Waals surface area contributed by atoms with Crippen molar-refractivity contribution in [2.24, 2.45) is 0 Å². The quantitative estimate of drug-likeness (QED) is 0.647. The number of hydrogen-bond donors (Lipinski definition) is 1. The molecule has 0 bridgehead atoms. The largest absolute Gasteiger partial charge is 0.508 e. The van der Waals surface area contributed by atoms with Crippen LogP contribution < -0.4 is 5.43 Å². The summed E-state index contributed by atoms with van der Waals surface area (Å²) in [6.07, 6.45) is 0. The minimum Gasteiger partial charge on any atom is -0.508 e. The first-order valence-electron chi connectivity index (χ1n) is 4.86. The van der Waals surface area contributed by atoms with E-state index in [0.717, 1.165) is 0 Å². The molecule has 0 atom stereocenters. The van der Waals surface area contributed by atoms with Crippen LogP contribution in [0.3, 0.4) is 0 Å². The van der Waals surface area contributed by atoms with E-state index in [0.29, 0.717) is 27.0 Å². The summed E-state index contributed by atoms with van der Waals surface area (Å²) in [4.78, 5) is 15.7. The van der Waals surface area contributed by atoms with Crippen LogP contribution in [0.2, 0.25) is 0 Å². The van der Waals surface area contributed by atoms with Gasteiger partial charge in [-0.1, -0.05) is 0 Å². The summed E-state index contributed by atoms with van der Waals surface area (Å²) in [6.45, 7) is 0. The summed E-state index contributed by atoms with van der Waals surface area (Å²) < 4.78 is 6.13. The zero-order valence-corrected chi connectivity index (χ0v) is 10.1. The van der Waals surface area contributed by atoms with Crippen molar-refractivity contribution in [3.05, 3.63) is 45.0 Å². The number of benzene rings is 2. The topological polar surface area (TPSA) is 63.3 Å². The maximum Gasteiger partial charge on any atom is 0.183 e. The Bertz CT molecular complexity index is 751. The number of aromatic hydroxyl groups is 1. The fraction of sp³-hybridized carbons (Fsp3) is 0. The number of rotatable bonds is 0. The van der Waals surface area contributed by atoms with E-state index in [4.69, 9.17) is 4.42 Å². The van der Waals surface area contributed by atoms with Crippen LogP contribution in [0, 0.1) is 0 Å². The summed E-state index contributed by atoms with van der Waals surface area (Å²) in [5.41, 5.74) is 1.49. The van der Waals surface area contributed by atoms with Crippen molar-refractivity contribution >= 4 is 27.0 Å². The van der Waals surface area contributed by atoms with Crippen molar-refractivity contribution < 1.29 is 9.52 Å². The lowest BCUT2D eigenvalue weighted by Crippen LogP contribution is -2.01. The van der Waals surface area contributed by atoms with Crippen molar-refractivity contribution in [2.45, 2.75) is 0 Å². The normalized spacial score (nSPS) is 11.1. The fourth-order valence-electron chi connectivity index (χ4n) is 1.65. The van der Waals surface area contributed by atoms with E-state index in [-0.39, 0.29) is 11.2 Å². The Morgan fingerprint density at radius 3 is 2.88 bits per heavy atom. The van der Waals surface area contributed by atoms with Gasteiger partial charge in [-0.25, -0.2) is 4.98 Å². The summed E-state index contributed by atoms with van der Waals surface area (Å²) >= 11 is 3.28. The molecule has 0 amide bonds. The number of phenolic OH excluding ortho intramolecular Hbond substituents is 1. The molecule has 5 heteroatoms. The maximum absolute atomic E-state index is 11.3. The summed E-state index contributed by atoms with van der Waals surface area (Å²) in [6, 6.07) is 7.47. The van der Waals surface area contributed by atoms with Crippen molar-refractivity contribution in [3.63, 3.8) is 0 Å². The number of nitrogens with zero attached hydrogens (tertiary/aromatic N) is 1. The van der Waals surface area contributed by atoms with E-state index in [1.807, 2.05) is 0 Å². The predicted octanol–water partition coefficient (Wildman–Crippen LogP) is 2.76. The van der Waals surface area contributed by atoms with E-state index in [1.54, 1.807) is 6.07 Å². The minimum atomic E-state index is -0.158. The van der Waals surface area contributed by atoms with Crippen molar-refractivity contribution in [1.29, 1.82) is 0 Å². The first-order valence-corrected chi connectivity index (χ1v) is 5.66. The number of phenols is 1. The second kappa shape index (κ2) is 3.56. The number of fused-ring (bicyclic) bond motifs is 2. The Morgan fingerprint density at radius 1 is 1.24 bits per heavy atom. The molecule has 0 saturated carbocycles. The molecule has 17 heavy (non-hydrogen) atoms. The molecule has 1 aliphatic carbocycles. The number of hydrogen-bond acceptors (Lipinski definition) is 4. The molecule has 1 aliphatic heterocycles. The van der Waals surface area contributed by atoms with Gasteiger partial charge < -0.3 is 9.52 Å². The lowest BCUT2D eigenvalue weighted by atomic mass is 10.2. The van der Waals surface area contributed by atoms with Gasteiger partial charge in [0.2, 0.25) is 0 Å². The van der Waals surface area contributed by atoms with Gasteiger partial charge in [-0.3, -0.25) is 4.79 Å². The number of halogens is 1. The van der Waals surface area contributed by atoms with E-state index in [2.05, 4.69) is 20.9 Å². The molecule has 1 heterocycles. The van der Waals surface area contributed by atoms with Crippen LogP contribution in [-0.2, 0) is 0 Å². The Labute approximate surface area is 104 Å². The molecule has 2 aliphatic rings. The predicted molar refractivity (Wildman–Crippen MR) is 66.3 cm³/mol. The SMILES string of the molecule is O=c1cc2oc3cc(O)ccc3nc-2c(Br)c1. The highest BCUT2D eigenvalue weighted by atomic mass is 79.9. The second-order valence-corrected chi connectivity index (χ2v) is 4.47. The van der Waals surface area contributed by atoms with Gasteiger partial charge in [-0.05, 0) is 28.1 Å². The van der Waals surface area contributed by atoms with Crippen LogP contribution in [-0.4, -0.2) is 10.1 Å². The molecule has 0 aromatic heterocycles. The average Bonchev–Trinajstić information content (AvgIpc) is 2.26. The molecule has 4 nitrogen and oxygen atoms in total. The summed E-state index contributed by atoms with van der Waals surface area (Å²) in [5.74, 6) is 0.488. The fourth-order valence-corrected chi connectivity index (χ4v) is 2.16. The van der Waals surface area contributed by atoms with Gasteiger partial charge in [0.25, 0.3) is 0 Å². The molecule has 84 valence electrons. The van der Waals surface area contributed by atoms with Crippen LogP contribution in [0.15, 0.2) is 44.0 Å². The molecule has 1 aromatic carbocycles. The Balaban J connectivity index is 2.49. The van der Waals surface area contributed by atoms with Gasteiger partial charge in [-0.15, -0.1) is 0 Å². The molecule has 1 aromatic rings. The Morgan fingerprint density at radius 2 is 2.06 bits per heavy atom. The lowest BCUT2D eigenvalue weighted by Gasteiger charge is -2.07. The van der Waals surface area contributed by atoms with E-state index < -0.39 is 0 Å². The smallest absolute Gasteiger partial charge is 0.183 e. The third-order valence-electron chi connectivity index (χ3n) is 2.40. The molecule has 0 fully saturated rings. The standard InChI is InChI=1S/C12H6BrNO3/c13-8-3-7(16)5-11-12(8)14-9-2-1-6(15)4-10(9)17-11/h1-5,15H. The third kappa shape index (κ3) is 1.68. The first kappa shape index (κ1) is 10.3. The highest BCUT2D eigenvalue weighted by molar-refractivity contribution is 9.10. The van der Waals surface area contributed by atoms with E-state index >= 15 is 0 Å².